The van der Waals surface area contributed by atoms with Crippen LogP contribution >= 0.6 is 0 Å². The van der Waals surface area contributed by atoms with Crippen LogP contribution in [0.2, 0.25) is 0 Å². The van der Waals surface area contributed by atoms with Crippen LogP contribution in [0, 0.1) is 5.92 Å². The number of carbonyl (C=O) groups excluding carboxylic acids is 1. The van der Waals surface area contributed by atoms with Gasteiger partial charge in [0.15, 0.2) is 0 Å². The van der Waals surface area contributed by atoms with Crippen LogP contribution in [0.1, 0.15) is 39.5 Å². The first kappa shape index (κ1) is 27.3. The van der Waals surface area contributed by atoms with Crippen molar-refractivity contribution < 1.29 is 27.8 Å². The molecular formula is C22H38N4O6S. The number of alkyl carbamates (subject to hydrolysis) is 1. The molecule has 1 fully saturated rings. The molecule has 0 aliphatic carbocycles. The molecule has 0 saturated carbocycles. The number of rotatable bonds is 13. The Kier molecular flexibility index (Phi) is 10.8. The van der Waals surface area contributed by atoms with Crippen molar-refractivity contribution in [3.8, 4) is 0 Å². The van der Waals surface area contributed by atoms with Crippen molar-refractivity contribution in [2.75, 3.05) is 38.6 Å². The minimum absolute atomic E-state index is 0.0248. The zero-order valence-corrected chi connectivity index (χ0v) is 20.3. The molecule has 1 aromatic carbocycles. The molecule has 1 aliphatic rings. The number of aliphatic hydroxyl groups excluding tert-OH is 1. The lowest BCUT2D eigenvalue weighted by Gasteiger charge is -2.30. The number of hydrogen-bond donors (Lipinski definition) is 4. The number of hydrogen-bond acceptors (Lipinski definition) is 8. The van der Waals surface area contributed by atoms with E-state index in [1.807, 2.05) is 13.8 Å². The minimum atomic E-state index is -3.88. The highest BCUT2D eigenvalue weighted by molar-refractivity contribution is 7.89. The number of nitrogen functional groups attached to an aromatic ring is 1. The Morgan fingerprint density at radius 3 is 2.55 bits per heavy atom. The normalized spacial score (nSPS) is 18.4. The van der Waals surface area contributed by atoms with E-state index in [2.05, 4.69) is 5.32 Å². The van der Waals surface area contributed by atoms with Gasteiger partial charge in [0.05, 0.1) is 30.3 Å². The highest BCUT2D eigenvalue weighted by Crippen LogP contribution is 2.20. The first-order chi connectivity index (χ1) is 15.6. The summed E-state index contributed by atoms with van der Waals surface area (Å²) < 4.78 is 38.4. The van der Waals surface area contributed by atoms with Gasteiger partial charge >= 0.3 is 6.09 Å². The van der Waals surface area contributed by atoms with Crippen LogP contribution in [-0.2, 0) is 19.5 Å². The van der Waals surface area contributed by atoms with E-state index < -0.39 is 28.3 Å². The zero-order chi connectivity index (χ0) is 24.4. The van der Waals surface area contributed by atoms with Crippen LogP contribution in [0.5, 0.6) is 0 Å². The largest absolute Gasteiger partial charge is 0.444 e. The second-order valence-corrected chi connectivity index (χ2v) is 10.7. The molecule has 10 nitrogen and oxygen atoms in total. The average molecular weight is 487 g/mol. The van der Waals surface area contributed by atoms with Crippen LogP contribution in [0.4, 0.5) is 10.5 Å². The van der Waals surface area contributed by atoms with Crippen molar-refractivity contribution in [3.63, 3.8) is 0 Å². The van der Waals surface area contributed by atoms with E-state index in [0.717, 1.165) is 6.42 Å². The molecule has 1 saturated heterocycles. The Labute approximate surface area is 196 Å². The molecule has 0 aromatic heterocycles. The molecular weight excluding hydrogens is 448 g/mol. The second-order valence-electron chi connectivity index (χ2n) is 8.78. The molecule has 188 valence electrons. The fourth-order valence-corrected chi connectivity index (χ4v) is 5.24. The summed E-state index contributed by atoms with van der Waals surface area (Å²) >= 11 is 0. The highest BCUT2D eigenvalue weighted by Gasteiger charge is 2.31. The zero-order valence-electron chi connectivity index (χ0n) is 19.5. The summed E-state index contributed by atoms with van der Waals surface area (Å²) in [5, 5.41) is 13.7. The van der Waals surface area contributed by atoms with Gasteiger partial charge in [0.1, 0.15) is 6.10 Å². The van der Waals surface area contributed by atoms with E-state index in [4.69, 9.17) is 20.9 Å². The number of carbonyl (C=O) groups is 1. The highest BCUT2D eigenvalue weighted by atomic mass is 32.2. The summed E-state index contributed by atoms with van der Waals surface area (Å²) in [6, 6.07) is 5.25. The maximum Gasteiger partial charge on any atom is 0.407 e. The molecule has 3 atom stereocenters. The number of amides is 1. The van der Waals surface area contributed by atoms with Crippen LogP contribution < -0.4 is 16.8 Å². The lowest BCUT2D eigenvalue weighted by atomic mass is 10.0. The molecule has 1 aliphatic heterocycles. The third-order valence-electron chi connectivity index (χ3n) is 5.38. The summed E-state index contributed by atoms with van der Waals surface area (Å²) in [4.78, 5) is 12.5. The summed E-state index contributed by atoms with van der Waals surface area (Å²) in [6.07, 6.45) is 0.323. The molecule has 2 rings (SSSR count). The number of ether oxygens (including phenoxy) is 2. The van der Waals surface area contributed by atoms with Crippen molar-refractivity contribution in [2.45, 2.75) is 62.7 Å². The summed E-state index contributed by atoms with van der Waals surface area (Å²) in [5.41, 5.74) is 11.7. The van der Waals surface area contributed by atoms with E-state index in [9.17, 15) is 18.3 Å². The number of nitrogens with one attached hydrogen (secondary N) is 1. The molecule has 1 unspecified atom stereocenters. The molecule has 11 heteroatoms. The van der Waals surface area contributed by atoms with Gasteiger partial charge in [-0.05, 0) is 49.6 Å². The fourth-order valence-electron chi connectivity index (χ4n) is 3.61. The van der Waals surface area contributed by atoms with Gasteiger partial charge < -0.3 is 31.4 Å². The van der Waals surface area contributed by atoms with E-state index >= 15 is 0 Å². The number of sulfonamides is 1. The molecule has 0 bridgehead atoms. The SMILES string of the molecule is CC(C)CN(CC(O)[C@H](CCCCN)NC(=O)O[C@H]1CCOC1)S(=O)(=O)c1ccc(N)cc1. The van der Waals surface area contributed by atoms with Gasteiger partial charge in [-0.15, -0.1) is 0 Å². The van der Waals surface area contributed by atoms with E-state index in [0.29, 0.717) is 44.7 Å². The number of unbranched alkanes of at least 4 members (excludes halogenated alkanes) is 1. The van der Waals surface area contributed by atoms with Crippen molar-refractivity contribution in [1.82, 2.24) is 9.62 Å². The van der Waals surface area contributed by atoms with Crippen molar-refractivity contribution in [3.05, 3.63) is 24.3 Å². The summed E-state index contributed by atoms with van der Waals surface area (Å²) in [7, 11) is -3.88. The maximum atomic E-state index is 13.3. The molecule has 0 spiro atoms. The predicted octanol–water partition coefficient (Wildman–Crippen LogP) is 1.29. The van der Waals surface area contributed by atoms with Crippen molar-refractivity contribution in [1.29, 1.82) is 0 Å². The Morgan fingerprint density at radius 2 is 1.97 bits per heavy atom. The van der Waals surface area contributed by atoms with Gasteiger partial charge in [-0.1, -0.05) is 20.3 Å². The molecule has 0 radical (unpaired) electrons. The van der Waals surface area contributed by atoms with Crippen molar-refractivity contribution in [2.24, 2.45) is 11.7 Å². The quantitative estimate of drug-likeness (QED) is 0.240. The second kappa shape index (κ2) is 13.1. The summed E-state index contributed by atoms with van der Waals surface area (Å²) in [6.45, 7) is 5.20. The predicted molar refractivity (Wildman–Crippen MR) is 126 cm³/mol. The van der Waals surface area contributed by atoms with Gasteiger partial charge in [0, 0.05) is 25.2 Å². The van der Waals surface area contributed by atoms with Gasteiger partial charge in [0.2, 0.25) is 10.0 Å². The topological polar surface area (TPSA) is 157 Å². The first-order valence-corrected chi connectivity index (χ1v) is 12.9. The molecule has 1 aromatic rings. The number of anilines is 1. The van der Waals surface area contributed by atoms with Gasteiger partial charge in [-0.25, -0.2) is 13.2 Å². The van der Waals surface area contributed by atoms with E-state index in [1.54, 1.807) is 0 Å². The van der Waals surface area contributed by atoms with Gasteiger partial charge in [0.25, 0.3) is 0 Å². The Bertz CT molecular complexity index is 828. The third-order valence-corrected chi connectivity index (χ3v) is 7.22. The lowest BCUT2D eigenvalue weighted by molar-refractivity contribution is 0.0625. The molecule has 1 heterocycles. The Morgan fingerprint density at radius 1 is 1.27 bits per heavy atom. The number of benzene rings is 1. The number of nitrogens with zero attached hydrogens (tertiary/aromatic N) is 1. The van der Waals surface area contributed by atoms with Crippen LogP contribution in [0.15, 0.2) is 29.2 Å². The summed E-state index contributed by atoms with van der Waals surface area (Å²) in [5.74, 6) is 0.0248. The minimum Gasteiger partial charge on any atom is -0.444 e. The monoisotopic (exact) mass is 486 g/mol. The van der Waals surface area contributed by atoms with Gasteiger partial charge in [-0.3, -0.25) is 0 Å². The van der Waals surface area contributed by atoms with Crippen LogP contribution in [0.3, 0.4) is 0 Å². The standard InChI is InChI=1S/C22H38N4O6S/c1-16(2)13-26(33(29,30)19-8-6-17(24)7-9-19)14-21(27)20(5-3-4-11-23)25-22(28)32-18-10-12-31-15-18/h6-9,16,18,20-21,27H,3-5,10-15,23-24H2,1-2H3,(H,25,28)/t18-,20-,21?/m0/s1. The average Bonchev–Trinajstić information content (AvgIpc) is 3.25. The van der Waals surface area contributed by atoms with E-state index in [1.165, 1.54) is 28.6 Å². The Hall–Kier alpha value is -1.92. The van der Waals surface area contributed by atoms with Gasteiger partial charge in [-0.2, -0.15) is 4.31 Å². The smallest absolute Gasteiger partial charge is 0.407 e. The number of nitrogens with two attached hydrogens (primary N) is 2. The Balaban J connectivity index is 2.15. The molecule has 6 N–H and O–H groups in total. The molecule has 1 amide bonds. The maximum absolute atomic E-state index is 13.3. The third kappa shape index (κ3) is 8.74. The molecule has 33 heavy (non-hydrogen) atoms. The van der Waals surface area contributed by atoms with Crippen molar-refractivity contribution >= 4 is 21.8 Å². The number of aliphatic hydroxyl groups is 1. The first-order valence-electron chi connectivity index (χ1n) is 11.4. The lowest BCUT2D eigenvalue weighted by Crippen LogP contribution is -2.50. The van der Waals surface area contributed by atoms with Crippen LogP contribution in [-0.4, -0.2) is 75.0 Å². The van der Waals surface area contributed by atoms with E-state index in [-0.39, 0.29) is 30.0 Å². The fraction of sp³-hybridized carbons (Fsp3) is 0.682. The van der Waals surface area contributed by atoms with Crippen LogP contribution in [0.25, 0.3) is 0 Å².